The highest BCUT2D eigenvalue weighted by Gasteiger charge is 2.34. The standard InChI is InChI=1S/C25H22F3N3O/c1-4-6-23-15(2)9-10-31(23)18-8-5-7-17(12-18)20-14-24(32)30-22-13-19(25(26,27)28)16(3)11-21(22)29-20/h4-13,20,29H,1-2,14H2,3H3,(H,30,32)/b23-6+. The second-order valence-electron chi connectivity index (χ2n) is 7.75. The number of anilines is 2. The molecule has 1 aromatic heterocycles. The summed E-state index contributed by atoms with van der Waals surface area (Å²) in [7, 11) is 0. The molecule has 32 heavy (non-hydrogen) atoms. The van der Waals surface area contributed by atoms with E-state index in [1.807, 2.05) is 47.2 Å². The van der Waals surface area contributed by atoms with Gasteiger partial charge in [0.05, 0.1) is 34.8 Å². The third-order valence-corrected chi connectivity index (χ3v) is 5.50. The van der Waals surface area contributed by atoms with Crippen LogP contribution in [0.4, 0.5) is 24.5 Å². The molecule has 1 aliphatic heterocycles. The second-order valence-corrected chi connectivity index (χ2v) is 7.75. The molecule has 2 aromatic carbocycles. The van der Waals surface area contributed by atoms with Crippen LogP contribution >= 0.6 is 0 Å². The Morgan fingerprint density at radius 1 is 1.16 bits per heavy atom. The van der Waals surface area contributed by atoms with Crippen LogP contribution in [0.25, 0.3) is 18.3 Å². The summed E-state index contributed by atoms with van der Waals surface area (Å²) in [5.41, 5.74) is 1.63. The van der Waals surface area contributed by atoms with Crippen molar-refractivity contribution in [3.8, 4) is 5.69 Å². The smallest absolute Gasteiger partial charge is 0.376 e. The molecule has 0 saturated heterocycles. The molecule has 0 aliphatic carbocycles. The maximum atomic E-state index is 13.3. The summed E-state index contributed by atoms with van der Waals surface area (Å²) in [5.74, 6) is -0.356. The molecule has 0 saturated carbocycles. The quantitative estimate of drug-likeness (QED) is 0.625. The number of nitrogens with one attached hydrogen (secondary N) is 2. The molecule has 4 rings (SSSR count). The Balaban J connectivity index is 1.75. The van der Waals surface area contributed by atoms with Gasteiger partial charge in [0, 0.05) is 11.9 Å². The number of alkyl halides is 3. The molecule has 0 spiro atoms. The molecular weight excluding hydrogens is 415 g/mol. The van der Waals surface area contributed by atoms with E-state index >= 15 is 0 Å². The zero-order valence-electron chi connectivity index (χ0n) is 17.5. The summed E-state index contributed by atoms with van der Waals surface area (Å²) in [4.78, 5) is 12.5. The number of benzene rings is 2. The maximum absolute atomic E-state index is 13.3. The minimum atomic E-state index is -4.49. The van der Waals surface area contributed by atoms with Crippen LogP contribution in [0.3, 0.4) is 0 Å². The molecule has 4 nitrogen and oxygen atoms in total. The molecule has 0 bridgehead atoms. The Bertz CT molecular complexity index is 1320. The molecule has 2 heterocycles. The van der Waals surface area contributed by atoms with Gasteiger partial charge in [0.1, 0.15) is 0 Å². The van der Waals surface area contributed by atoms with Gasteiger partial charge in [-0.2, -0.15) is 13.2 Å². The predicted molar refractivity (Wildman–Crippen MR) is 121 cm³/mol. The Kier molecular flexibility index (Phi) is 5.42. The van der Waals surface area contributed by atoms with E-state index < -0.39 is 17.8 Å². The number of aromatic nitrogens is 1. The van der Waals surface area contributed by atoms with Crippen molar-refractivity contribution in [2.75, 3.05) is 10.6 Å². The number of rotatable bonds is 3. The first-order valence-electron chi connectivity index (χ1n) is 10.0. The molecule has 164 valence electrons. The van der Waals surface area contributed by atoms with Crippen molar-refractivity contribution >= 4 is 29.9 Å². The lowest BCUT2D eigenvalue weighted by atomic mass is 10.0. The molecular formula is C25H22F3N3O. The summed E-state index contributed by atoms with van der Waals surface area (Å²) in [5, 5.41) is 7.61. The van der Waals surface area contributed by atoms with Crippen molar-refractivity contribution < 1.29 is 18.0 Å². The van der Waals surface area contributed by atoms with Crippen LogP contribution in [-0.2, 0) is 11.0 Å². The van der Waals surface area contributed by atoms with E-state index in [-0.39, 0.29) is 23.6 Å². The zero-order chi connectivity index (χ0) is 23.0. The van der Waals surface area contributed by atoms with Crippen molar-refractivity contribution in [1.29, 1.82) is 0 Å². The summed E-state index contributed by atoms with van der Waals surface area (Å²) in [6.45, 7) is 9.19. The van der Waals surface area contributed by atoms with Gasteiger partial charge in [-0.25, -0.2) is 0 Å². The fraction of sp³-hybridized carbons (Fsp3) is 0.160. The summed E-state index contributed by atoms with van der Waals surface area (Å²) in [6.07, 6.45) is 1.05. The van der Waals surface area contributed by atoms with Crippen molar-refractivity contribution in [1.82, 2.24) is 4.57 Å². The van der Waals surface area contributed by atoms with Crippen LogP contribution in [0, 0.1) is 6.92 Å². The fourth-order valence-corrected chi connectivity index (χ4v) is 3.96. The Labute approximate surface area is 183 Å². The van der Waals surface area contributed by atoms with Gasteiger partial charge in [0.25, 0.3) is 0 Å². The molecule has 7 heteroatoms. The monoisotopic (exact) mass is 437 g/mol. The van der Waals surface area contributed by atoms with Crippen LogP contribution in [0.15, 0.2) is 61.3 Å². The molecule has 0 fully saturated rings. The van der Waals surface area contributed by atoms with Crippen LogP contribution in [-0.4, -0.2) is 10.5 Å². The number of amides is 1. The van der Waals surface area contributed by atoms with E-state index in [1.54, 1.807) is 6.08 Å². The van der Waals surface area contributed by atoms with Gasteiger partial charge < -0.3 is 15.2 Å². The lowest BCUT2D eigenvalue weighted by Gasteiger charge is -2.20. The number of hydrogen-bond acceptors (Lipinski definition) is 2. The van der Waals surface area contributed by atoms with E-state index in [4.69, 9.17) is 0 Å². The van der Waals surface area contributed by atoms with E-state index in [0.29, 0.717) is 5.69 Å². The third kappa shape index (κ3) is 4.06. The zero-order valence-corrected chi connectivity index (χ0v) is 17.5. The minimum absolute atomic E-state index is 0.0798. The normalized spacial score (nSPS) is 16.7. The van der Waals surface area contributed by atoms with Gasteiger partial charge in [0.2, 0.25) is 5.91 Å². The average Bonchev–Trinajstić information content (AvgIpc) is 3.00. The lowest BCUT2D eigenvalue weighted by molar-refractivity contribution is -0.138. The Morgan fingerprint density at radius 2 is 1.94 bits per heavy atom. The lowest BCUT2D eigenvalue weighted by Crippen LogP contribution is -2.26. The van der Waals surface area contributed by atoms with Crippen molar-refractivity contribution in [3.63, 3.8) is 0 Å². The molecule has 1 unspecified atom stereocenters. The van der Waals surface area contributed by atoms with Crippen LogP contribution in [0.5, 0.6) is 0 Å². The molecule has 1 aliphatic rings. The highest BCUT2D eigenvalue weighted by Crippen LogP contribution is 2.39. The third-order valence-electron chi connectivity index (χ3n) is 5.50. The van der Waals surface area contributed by atoms with E-state index in [9.17, 15) is 18.0 Å². The molecule has 0 radical (unpaired) electrons. The maximum Gasteiger partial charge on any atom is 0.416 e. The summed E-state index contributed by atoms with van der Waals surface area (Å²) in [6, 6.07) is 11.6. The molecule has 3 aromatic rings. The highest BCUT2D eigenvalue weighted by atomic mass is 19.4. The number of halogens is 3. The number of fused-ring (bicyclic) bond motifs is 1. The second kappa shape index (κ2) is 8.07. The number of nitrogens with zero attached hydrogens (tertiary/aromatic N) is 1. The number of carbonyl (C=O) groups is 1. The number of hydrogen-bond donors (Lipinski definition) is 2. The van der Waals surface area contributed by atoms with Crippen molar-refractivity contribution in [2.24, 2.45) is 0 Å². The van der Waals surface area contributed by atoms with Gasteiger partial charge in [-0.05, 0) is 59.7 Å². The van der Waals surface area contributed by atoms with Crippen LogP contribution in [0.2, 0.25) is 0 Å². The summed E-state index contributed by atoms with van der Waals surface area (Å²) >= 11 is 0. The molecule has 1 amide bonds. The highest BCUT2D eigenvalue weighted by molar-refractivity contribution is 5.97. The SMILES string of the molecule is C=C/C=c1\c(=C)ccn1-c1cccc(C2CC(=O)Nc3cc(C(F)(F)F)c(C)cc3N2)c1. The Morgan fingerprint density at radius 3 is 2.66 bits per heavy atom. The van der Waals surface area contributed by atoms with Gasteiger partial charge in [-0.3, -0.25) is 4.79 Å². The topological polar surface area (TPSA) is 46.1 Å². The van der Waals surface area contributed by atoms with E-state index in [2.05, 4.69) is 23.8 Å². The van der Waals surface area contributed by atoms with Gasteiger partial charge in [0.15, 0.2) is 0 Å². The first-order valence-corrected chi connectivity index (χ1v) is 10.0. The summed E-state index contributed by atoms with van der Waals surface area (Å²) < 4.78 is 41.9. The van der Waals surface area contributed by atoms with Crippen LogP contribution < -0.4 is 21.2 Å². The number of aryl methyl sites for hydroxylation is 1. The first-order chi connectivity index (χ1) is 15.2. The molecule has 2 N–H and O–H groups in total. The molecule has 1 atom stereocenters. The van der Waals surface area contributed by atoms with Gasteiger partial charge >= 0.3 is 6.18 Å². The van der Waals surface area contributed by atoms with Crippen LogP contribution in [0.1, 0.15) is 29.2 Å². The first kappa shape index (κ1) is 21.5. The van der Waals surface area contributed by atoms with E-state index in [1.165, 1.54) is 13.0 Å². The average molecular weight is 437 g/mol. The fourth-order valence-electron chi connectivity index (χ4n) is 3.96. The van der Waals surface area contributed by atoms with E-state index in [0.717, 1.165) is 27.9 Å². The van der Waals surface area contributed by atoms with Gasteiger partial charge in [-0.1, -0.05) is 31.4 Å². The number of carbonyl (C=O) groups excluding carboxylic acids is 1. The largest absolute Gasteiger partial charge is 0.416 e. The van der Waals surface area contributed by atoms with Crippen molar-refractivity contribution in [3.05, 3.63) is 88.6 Å². The minimum Gasteiger partial charge on any atom is -0.376 e. The predicted octanol–water partition coefficient (Wildman–Crippen LogP) is 4.68. The van der Waals surface area contributed by atoms with Crippen molar-refractivity contribution in [2.45, 2.75) is 25.6 Å². The number of allylic oxidation sites excluding steroid dienone is 1. The van der Waals surface area contributed by atoms with Gasteiger partial charge in [-0.15, -0.1) is 0 Å². The Hall–Kier alpha value is -3.74.